The molecule has 5 atom stereocenters. The number of unbranched alkanes of at least 4 members (excludes halogenated alkanes) is 3. The highest BCUT2D eigenvalue weighted by atomic mass is 16.6. The first-order valence-corrected chi connectivity index (χ1v) is 34.1. The third kappa shape index (κ3) is 15.8. The lowest BCUT2D eigenvalue weighted by atomic mass is 10.0. The highest BCUT2D eigenvalue weighted by Gasteiger charge is 2.58. The number of hydrogen-bond donors (Lipinski definition) is 6. The van der Waals surface area contributed by atoms with Gasteiger partial charge in [-0.3, -0.25) is 33.6 Å². The number of benzene rings is 4. The van der Waals surface area contributed by atoms with Crippen molar-refractivity contribution in [3.63, 3.8) is 0 Å². The van der Waals surface area contributed by atoms with Crippen molar-refractivity contribution < 1.29 is 67.1 Å². The minimum absolute atomic E-state index is 0.0234. The van der Waals surface area contributed by atoms with E-state index in [1.165, 1.54) is 26.9 Å². The Hall–Kier alpha value is -9.82. The van der Waals surface area contributed by atoms with E-state index in [1.807, 2.05) is 35.2 Å². The van der Waals surface area contributed by atoms with Crippen LogP contribution in [0.1, 0.15) is 143 Å². The van der Waals surface area contributed by atoms with E-state index < -0.39 is 42.3 Å². The number of nitrogens with zero attached hydrogens (tertiary/aromatic N) is 4. The van der Waals surface area contributed by atoms with Gasteiger partial charge in [0.05, 0.1) is 68.2 Å². The molecular weight excluding hydrogens is 1250 g/mol. The van der Waals surface area contributed by atoms with E-state index in [9.17, 15) is 43.5 Å². The van der Waals surface area contributed by atoms with Crippen LogP contribution in [0.3, 0.4) is 0 Å². The van der Waals surface area contributed by atoms with E-state index in [-0.39, 0.29) is 115 Å². The molecule has 5 aliphatic heterocycles. The maximum Gasteiger partial charge on any atom is 0.416 e. The summed E-state index contributed by atoms with van der Waals surface area (Å²) in [6.07, 6.45) is 9.61. The highest BCUT2D eigenvalue weighted by molar-refractivity contribution is 6.06. The Kier molecular flexibility index (Phi) is 21.5. The van der Waals surface area contributed by atoms with E-state index >= 15 is 0 Å². The minimum atomic E-state index is -1.45. The molecule has 23 heteroatoms. The fourth-order valence-electron chi connectivity index (χ4n) is 13.7. The lowest BCUT2D eigenvalue weighted by Crippen LogP contribution is -2.53. The monoisotopic (exact) mass is 1340 g/mol. The van der Waals surface area contributed by atoms with Gasteiger partial charge in [-0.25, -0.2) is 9.69 Å². The van der Waals surface area contributed by atoms with Crippen LogP contribution < -0.4 is 55.3 Å². The number of para-hydroxylation sites is 1. The number of fused-ring (bicyclic) bond motifs is 5. The molecule has 0 bridgehead atoms. The van der Waals surface area contributed by atoms with Crippen molar-refractivity contribution in [1.29, 1.82) is 0 Å². The Morgan fingerprint density at radius 1 is 0.714 bits per heavy atom. The molecule has 2 spiro atoms. The Morgan fingerprint density at radius 2 is 1.39 bits per heavy atom. The average molecular weight is 1340 g/mol. The largest absolute Gasteiger partial charge is 0.493 e. The molecule has 23 nitrogen and oxygen atoms in total. The van der Waals surface area contributed by atoms with Crippen LogP contribution in [0, 0.1) is 28.6 Å². The van der Waals surface area contributed by atoms with E-state index in [1.54, 1.807) is 85.4 Å². The van der Waals surface area contributed by atoms with E-state index in [4.69, 9.17) is 23.7 Å². The number of amides is 8. The zero-order chi connectivity index (χ0) is 69.4. The van der Waals surface area contributed by atoms with E-state index in [0.717, 1.165) is 48.4 Å². The Morgan fingerprint density at radius 3 is 2.07 bits per heavy atom. The molecule has 0 radical (unpaired) electrons. The smallest absolute Gasteiger partial charge is 0.416 e. The summed E-state index contributed by atoms with van der Waals surface area (Å²) in [6, 6.07) is 18.1. The van der Waals surface area contributed by atoms with Crippen molar-refractivity contribution in [3.8, 4) is 34.8 Å². The van der Waals surface area contributed by atoms with E-state index in [0.29, 0.717) is 102 Å². The second-order valence-corrected chi connectivity index (χ2v) is 27.1. The number of allylic oxidation sites excluding steroid dienone is 2. The number of hydrogen-bond acceptors (Lipinski definition) is 15. The average Bonchev–Trinajstić information content (AvgIpc) is 1.57. The number of ether oxygens (including phenoxy) is 5. The highest BCUT2D eigenvalue weighted by Crippen LogP contribution is 2.58. The summed E-state index contributed by atoms with van der Waals surface area (Å²) < 4.78 is 29.9. The van der Waals surface area contributed by atoms with Crippen LogP contribution in [0.2, 0.25) is 0 Å². The molecule has 11 rings (SSSR count). The van der Waals surface area contributed by atoms with Gasteiger partial charge in [-0.05, 0) is 142 Å². The maximum absolute atomic E-state index is 14.4. The Labute approximate surface area is 572 Å². The number of aliphatic hydroxyl groups excluding tert-OH is 1. The van der Waals surface area contributed by atoms with Gasteiger partial charge in [0.25, 0.3) is 11.8 Å². The van der Waals surface area contributed by atoms with Crippen molar-refractivity contribution in [2.45, 2.75) is 148 Å². The summed E-state index contributed by atoms with van der Waals surface area (Å²) >= 11 is 0. The summed E-state index contributed by atoms with van der Waals surface area (Å²) in [4.78, 5) is 115. The first-order valence-electron chi connectivity index (χ1n) is 34.1. The first-order chi connectivity index (χ1) is 47.2. The molecule has 518 valence electrons. The second-order valence-electron chi connectivity index (χ2n) is 27.1. The zero-order valence-electron chi connectivity index (χ0n) is 56.6. The van der Waals surface area contributed by atoms with Crippen LogP contribution in [0.25, 0.3) is 0 Å². The van der Waals surface area contributed by atoms with Crippen LogP contribution >= 0.6 is 0 Å². The maximum atomic E-state index is 14.4. The van der Waals surface area contributed by atoms with Gasteiger partial charge < -0.3 is 70.1 Å². The SMILES string of the molecule is C=C/C1=C(\C=C)CN(C(=O)CCC(=O)NCCCCC(=O)N[C@H](C(=O)N[C@@H](C)C(=O)Nc2ccc(COC(=O)N3c4cc(OCCCCCOc5cc6c(cc5OC)C(=O)N5CC7(CC7)C[C@H]5CN6)c(OC)cc4C(=O)N4CC5(CC5)C[C@H]4[C@@H]3O)cc2)C(C)C)c2ccccc2C#C1. The number of methoxy groups -OCH3 is 2. The van der Waals surface area contributed by atoms with Crippen molar-refractivity contribution in [3.05, 3.63) is 132 Å². The van der Waals surface area contributed by atoms with Crippen LogP contribution in [-0.4, -0.2) is 153 Å². The molecule has 8 amide bonds. The van der Waals surface area contributed by atoms with Gasteiger partial charge >= 0.3 is 6.09 Å². The molecule has 2 saturated heterocycles. The van der Waals surface area contributed by atoms with Gasteiger partial charge in [-0.15, -0.1) is 0 Å². The van der Waals surface area contributed by atoms with Gasteiger partial charge in [0, 0.05) is 80.4 Å². The van der Waals surface area contributed by atoms with Crippen molar-refractivity contribution >= 4 is 70.2 Å². The molecule has 5 heterocycles. The summed E-state index contributed by atoms with van der Waals surface area (Å²) in [5.74, 6) is 5.18. The van der Waals surface area contributed by atoms with Gasteiger partial charge in [0.1, 0.15) is 18.7 Å². The molecule has 0 unspecified atom stereocenters. The lowest BCUT2D eigenvalue weighted by Gasteiger charge is -2.31. The van der Waals surface area contributed by atoms with Gasteiger partial charge in [-0.2, -0.15) is 0 Å². The lowest BCUT2D eigenvalue weighted by molar-refractivity contribution is -0.131. The minimum Gasteiger partial charge on any atom is -0.493 e. The molecule has 4 aromatic rings. The summed E-state index contributed by atoms with van der Waals surface area (Å²) in [5, 5.41) is 26.8. The standard InChI is InChI=1S/C75H89N9O14/c1-8-49-22-23-51-17-11-12-18-57(51)81(42-50(49)9-2)66(87)27-26-64(85)76-32-14-13-19-65(86)80-67(46(3)4)69(89)78-47(5)68(88)79-52-24-20-48(21-25-52)43-98-73(93)84-58-38-63(61(95-7)36-55(58)71(91)83-45-75(30-31-75)40-59(83)72(84)92)97-34-16-10-15-33-96-62-37-56-54(35-60(62)94-6)70(90)82-44-74(28-29-74)39-53(82)41-77-56/h8-9,11-12,17-18,20-21,24-25,35-38,46-47,53,59,67,72,77,92H,1-2,10,13-16,19,26-34,39-45H2,3-7H3,(H,76,85)(H,78,89)(H,79,88)(H,80,86)/b50-49-/t47-,53-,59-,67-,72-/m0/s1. The molecule has 6 N–H and O–H groups in total. The topological polar surface area (TPSA) is 276 Å². The number of carbonyl (C=O) groups is 8. The predicted molar refractivity (Wildman–Crippen MR) is 369 cm³/mol. The van der Waals surface area contributed by atoms with Gasteiger partial charge in [0.2, 0.25) is 29.5 Å². The van der Waals surface area contributed by atoms with Crippen molar-refractivity contribution in [2.24, 2.45) is 16.7 Å². The molecule has 98 heavy (non-hydrogen) atoms. The van der Waals surface area contributed by atoms with Crippen LogP contribution in [-0.2, 0) is 35.3 Å². The van der Waals surface area contributed by atoms with Crippen LogP contribution in [0.5, 0.6) is 23.0 Å². The normalized spacial score (nSPS) is 20.1. The van der Waals surface area contributed by atoms with Gasteiger partial charge in [0.15, 0.2) is 29.2 Å². The Balaban J connectivity index is 0.623. The van der Waals surface area contributed by atoms with Crippen molar-refractivity contribution in [1.82, 2.24) is 25.8 Å². The summed E-state index contributed by atoms with van der Waals surface area (Å²) in [5.41, 5.74) is 5.47. The van der Waals surface area contributed by atoms with Crippen LogP contribution in [0.4, 0.5) is 27.5 Å². The quantitative estimate of drug-likeness (QED) is 0.0229. The number of carbonyl (C=O) groups excluding carboxylic acids is 8. The third-order valence-electron chi connectivity index (χ3n) is 19.8. The zero-order valence-corrected chi connectivity index (χ0v) is 56.6. The molecule has 7 aliphatic rings. The number of rotatable bonds is 28. The predicted octanol–water partition coefficient (Wildman–Crippen LogP) is 8.94. The second kappa shape index (κ2) is 30.3. The fraction of sp³-hybridized carbons (Fsp3) is 0.467. The number of aliphatic hydroxyl groups is 1. The molecule has 2 aliphatic carbocycles. The van der Waals surface area contributed by atoms with Crippen LogP contribution in [0.15, 0.2) is 109 Å². The van der Waals surface area contributed by atoms with Gasteiger partial charge in [-0.1, -0.05) is 75.3 Å². The summed E-state index contributed by atoms with van der Waals surface area (Å²) in [7, 11) is 3.04. The first kappa shape index (κ1) is 69.5. The third-order valence-corrected chi connectivity index (χ3v) is 19.8. The number of nitrogens with one attached hydrogen (secondary N) is 5. The molecule has 2 saturated carbocycles. The fourth-order valence-corrected chi connectivity index (χ4v) is 13.7. The summed E-state index contributed by atoms with van der Waals surface area (Å²) in [6.45, 7) is 15.7. The van der Waals surface area contributed by atoms with E-state index in [2.05, 4.69) is 51.6 Å². The number of anilines is 4. The molecule has 0 aromatic heterocycles. The Bertz CT molecular complexity index is 3860. The molecule has 4 aromatic carbocycles. The molecular formula is C75H89N9O14. The van der Waals surface area contributed by atoms with Crippen molar-refractivity contribution in [2.75, 3.05) is 80.6 Å². The molecule has 4 fully saturated rings.